The van der Waals surface area contributed by atoms with Gasteiger partial charge in [-0.05, 0) is 0 Å². The zero-order valence-electron chi connectivity index (χ0n) is 6.30. The highest BCUT2D eigenvalue weighted by Gasteiger charge is 2.18. The van der Waals surface area contributed by atoms with Crippen LogP contribution in [0.2, 0.25) is 0 Å². The molecule has 0 saturated carbocycles. The van der Waals surface area contributed by atoms with Crippen LogP contribution in [-0.4, -0.2) is 11.3 Å². The second-order valence-corrected chi connectivity index (χ2v) is 2.25. The summed E-state index contributed by atoms with van der Waals surface area (Å²) in [5, 5.41) is 0. The lowest BCUT2D eigenvalue weighted by atomic mass is 10.2. The topological polar surface area (TPSA) is 56.0 Å². The minimum atomic E-state index is -3.02. The van der Waals surface area contributed by atoms with Gasteiger partial charge in [0.1, 0.15) is 5.69 Å². The molecule has 0 aliphatic heterocycles. The van der Waals surface area contributed by atoms with E-state index in [1.165, 1.54) is 0 Å². The van der Waals surface area contributed by atoms with Crippen LogP contribution < -0.4 is 5.73 Å². The fourth-order valence-corrected chi connectivity index (χ4v) is 0.856. The molecule has 0 aliphatic rings. The van der Waals surface area contributed by atoms with E-state index in [4.69, 9.17) is 5.73 Å². The number of halogens is 3. The van der Waals surface area contributed by atoms with Gasteiger partial charge in [-0.2, -0.15) is 4.39 Å². The Balaban J connectivity index is 3.38. The second kappa shape index (κ2) is 3.42. The standard InChI is InChI=1S/C7H5F3N2O/c8-5-1-4(11)3(2-13)6(12-5)7(9)10/h1-2,7H,(H2,11,12). The maximum absolute atomic E-state index is 12.5. The van der Waals surface area contributed by atoms with Crippen LogP contribution in [0.15, 0.2) is 6.07 Å². The molecule has 0 aliphatic carbocycles. The molecular formula is C7H5F3N2O. The average Bonchev–Trinajstić information content (AvgIpc) is 2.02. The fraction of sp³-hybridized carbons (Fsp3) is 0.143. The highest BCUT2D eigenvalue weighted by atomic mass is 19.3. The van der Waals surface area contributed by atoms with Crippen LogP contribution in [0.3, 0.4) is 0 Å². The van der Waals surface area contributed by atoms with Crippen molar-refractivity contribution in [3.63, 3.8) is 0 Å². The number of hydrogen-bond donors (Lipinski definition) is 1. The Morgan fingerprint density at radius 2 is 2.15 bits per heavy atom. The second-order valence-electron chi connectivity index (χ2n) is 2.25. The number of alkyl halides is 2. The van der Waals surface area contributed by atoms with Crippen molar-refractivity contribution < 1.29 is 18.0 Å². The van der Waals surface area contributed by atoms with Crippen LogP contribution >= 0.6 is 0 Å². The van der Waals surface area contributed by atoms with Gasteiger partial charge in [-0.3, -0.25) is 4.79 Å². The molecule has 70 valence electrons. The van der Waals surface area contributed by atoms with Gasteiger partial charge in [0.2, 0.25) is 5.95 Å². The zero-order valence-corrected chi connectivity index (χ0v) is 6.30. The number of pyridine rings is 1. The summed E-state index contributed by atoms with van der Waals surface area (Å²) in [4.78, 5) is 13.2. The molecule has 3 nitrogen and oxygen atoms in total. The van der Waals surface area contributed by atoms with Gasteiger partial charge in [-0.15, -0.1) is 0 Å². The molecule has 2 N–H and O–H groups in total. The lowest BCUT2D eigenvalue weighted by Gasteiger charge is -2.04. The molecule has 0 atom stereocenters. The Morgan fingerprint density at radius 3 is 2.62 bits per heavy atom. The summed E-state index contributed by atoms with van der Waals surface area (Å²) in [6.45, 7) is 0. The van der Waals surface area contributed by atoms with E-state index < -0.39 is 23.6 Å². The Kier molecular flexibility index (Phi) is 2.50. The van der Waals surface area contributed by atoms with Crippen molar-refractivity contribution in [2.24, 2.45) is 0 Å². The molecule has 6 heteroatoms. The first-order valence-corrected chi connectivity index (χ1v) is 3.25. The van der Waals surface area contributed by atoms with Crippen LogP contribution in [-0.2, 0) is 0 Å². The van der Waals surface area contributed by atoms with Crippen molar-refractivity contribution in [3.8, 4) is 0 Å². The first-order valence-electron chi connectivity index (χ1n) is 3.25. The van der Waals surface area contributed by atoms with E-state index in [0.717, 1.165) is 6.07 Å². The van der Waals surface area contributed by atoms with Crippen molar-refractivity contribution >= 4 is 12.0 Å². The van der Waals surface area contributed by atoms with E-state index in [1.54, 1.807) is 0 Å². The molecule has 0 saturated heterocycles. The van der Waals surface area contributed by atoms with Gasteiger partial charge in [-0.1, -0.05) is 0 Å². The Labute approximate surface area is 71.4 Å². The van der Waals surface area contributed by atoms with Crippen molar-refractivity contribution in [2.45, 2.75) is 6.43 Å². The molecule has 0 aromatic carbocycles. The van der Waals surface area contributed by atoms with E-state index in [2.05, 4.69) is 4.98 Å². The molecule has 0 radical (unpaired) electrons. The molecule has 1 aromatic heterocycles. The van der Waals surface area contributed by atoms with Crippen LogP contribution in [0, 0.1) is 5.95 Å². The fourth-order valence-electron chi connectivity index (χ4n) is 0.856. The van der Waals surface area contributed by atoms with Crippen molar-refractivity contribution in [1.29, 1.82) is 0 Å². The molecule has 1 aromatic rings. The molecule has 1 heterocycles. The number of carbonyl (C=O) groups is 1. The van der Waals surface area contributed by atoms with Crippen LogP contribution in [0.25, 0.3) is 0 Å². The maximum Gasteiger partial charge on any atom is 0.281 e. The predicted molar refractivity (Wildman–Crippen MR) is 39.0 cm³/mol. The molecule has 0 bridgehead atoms. The Hall–Kier alpha value is -1.59. The van der Waals surface area contributed by atoms with Crippen molar-refractivity contribution in [1.82, 2.24) is 4.98 Å². The third kappa shape index (κ3) is 1.77. The Morgan fingerprint density at radius 1 is 1.54 bits per heavy atom. The third-order valence-electron chi connectivity index (χ3n) is 1.41. The lowest BCUT2D eigenvalue weighted by Crippen LogP contribution is -2.04. The number of nitrogens with zero attached hydrogens (tertiary/aromatic N) is 1. The van der Waals surface area contributed by atoms with Gasteiger partial charge in [0.25, 0.3) is 6.43 Å². The summed E-state index contributed by atoms with van der Waals surface area (Å²) in [5.41, 5.74) is 3.41. The van der Waals surface area contributed by atoms with Crippen LogP contribution in [0.5, 0.6) is 0 Å². The van der Waals surface area contributed by atoms with Crippen LogP contribution in [0.1, 0.15) is 22.5 Å². The van der Waals surface area contributed by atoms with Gasteiger partial charge in [0, 0.05) is 11.8 Å². The van der Waals surface area contributed by atoms with Gasteiger partial charge in [0.05, 0.1) is 5.56 Å². The number of aromatic nitrogens is 1. The monoisotopic (exact) mass is 190 g/mol. The predicted octanol–water partition coefficient (Wildman–Crippen LogP) is 1.55. The minimum Gasteiger partial charge on any atom is -0.398 e. The number of carbonyl (C=O) groups excluding carboxylic acids is 1. The van der Waals surface area contributed by atoms with Crippen LogP contribution in [0.4, 0.5) is 18.9 Å². The van der Waals surface area contributed by atoms with Crippen molar-refractivity contribution in [2.75, 3.05) is 5.73 Å². The summed E-state index contributed by atoms with van der Waals surface area (Å²) < 4.78 is 36.7. The summed E-state index contributed by atoms with van der Waals surface area (Å²) >= 11 is 0. The number of nitrogen functional groups attached to an aromatic ring is 1. The smallest absolute Gasteiger partial charge is 0.281 e. The molecule has 0 amide bonds. The normalized spacial score (nSPS) is 10.5. The maximum atomic E-state index is 12.5. The third-order valence-corrected chi connectivity index (χ3v) is 1.41. The highest BCUT2D eigenvalue weighted by molar-refractivity contribution is 5.84. The zero-order chi connectivity index (χ0) is 10.0. The average molecular weight is 190 g/mol. The van der Waals surface area contributed by atoms with E-state index >= 15 is 0 Å². The number of rotatable bonds is 2. The summed E-state index contributed by atoms with van der Waals surface area (Å²) in [6, 6.07) is 0.718. The SMILES string of the molecule is Nc1cc(F)nc(C(F)F)c1C=O. The van der Waals surface area contributed by atoms with E-state index in [0.29, 0.717) is 0 Å². The minimum absolute atomic E-state index is 0.128. The van der Waals surface area contributed by atoms with E-state index in [1.807, 2.05) is 0 Å². The highest BCUT2D eigenvalue weighted by Crippen LogP contribution is 2.23. The first kappa shape index (κ1) is 9.50. The quantitative estimate of drug-likeness (QED) is 0.568. The van der Waals surface area contributed by atoms with Gasteiger partial charge in [-0.25, -0.2) is 13.8 Å². The number of anilines is 1. The molecule has 1 rings (SSSR count). The molecule has 13 heavy (non-hydrogen) atoms. The van der Waals surface area contributed by atoms with Gasteiger partial charge >= 0.3 is 0 Å². The molecule has 0 fully saturated rings. The summed E-state index contributed by atoms with van der Waals surface area (Å²) in [6.07, 6.45) is -2.89. The molecule has 0 unspecified atom stereocenters. The lowest BCUT2D eigenvalue weighted by molar-refractivity contribution is 0.110. The van der Waals surface area contributed by atoms with E-state index in [9.17, 15) is 18.0 Å². The number of hydrogen-bond acceptors (Lipinski definition) is 3. The van der Waals surface area contributed by atoms with Gasteiger partial charge < -0.3 is 5.73 Å². The molecule has 0 spiro atoms. The van der Waals surface area contributed by atoms with E-state index in [-0.39, 0.29) is 12.0 Å². The molecular weight excluding hydrogens is 185 g/mol. The summed E-state index contributed by atoms with van der Waals surface area (Å²) in [5.74, 6) is -1.13. The van der Waals surface area contributed by atoms with Gasteiger partial charge in [0.15, 0.2) is 6.29 Å². The number of aldehydes is 1. The largest absolute Gasteiger partial charge is 0.398 e. The van der Waals surface area contributed by atoms with Crippen molar-refractivity contribution in [3.05, 3.63) is 23.3 Å². The number of nitrogens with two attached hydrogens (primary N) is 1. The first-order chi connectivity index (χ1) is 6.06. The Bertz CT molecular complexity index is 341. The summed E-state index contributed by atoms with van der Waals surface area (Å²) in [7, 11) is 0.